The number of nitrogens with one attached hydrogen (secondary N) is 3. The molecule has 0 radical (unpaired) electrons. The second-order valence-corrected chi connectivity index (χ2v) is 6.79. The lowest BCUT2D eigenvalue weighted by atomic mass is 9.92. The largest absolute Gasteiger partial charge is 0.356 e. The Kier molecular flexibility index (Phi) is 4.66. The molecule has 124 valence electrons. The van der Waals surface area contributed by atoms with Gasteiger partial charge in [-0.2, -0.15) is 0 Å². The topological polar surface area (TPSA) is 70.2 Å². The van der Waals surface area contributed by atoms with Gasteiger partial charge < -0.3 is 16.0 Å². The molecule has 0 bridgehead atoms. The normalized spacial score (nSPS) is 21.7. The average molecular weight is 315 g/mol. The Bertz CT molecular complexity index is 576. The second-order valence-electron chi connectivity index (χ2n) is 6.79. The first-order valence-corrected chi connectivity index (χ1v) is 8.44. The minimum Gasteiger partial charge on any atom is -0.356 e. The van der Waals surface area contributed by atoms with Crippen LogP contribution in [0, 0.1) is 11.3 Å². The summed E-state index contributed by atoms with van der Waals surface area (Å²) in [4.78, 5) is 23.2. The van der Waals surface area contributed by atoms with Crippen LogP contribution in [0.5, 0.6) is 0 Å². The standard InChI is InChI=1S/C18H25N3O2/c1-13(22)21-15-4-2-14(3-5-15)6-9-20-17(23)16-12-18(16)7-10-19-11-8-18/h2-5,16,19H,6-12H2,1H3,(H,20,23)(H,21,22). The predicted octanol–water partition coefficient (Wildman–Crippen LogP) is 1.69. The summed E-state index contributed by atoms with van der Waals surface area (Å²) in [7, 11) is 0. The fraction of sp³-hybridized carbons (Fsp3) is 0.556. The van der Waals surface area contributed by atoms with Gasteiger partial charge in [0.15, 0.2) is 0 Å². The van der Waals surface area contributed by atoms with Gasteiger partial charge >= 0.3 is 0 Å². The zero-order chi connectivity index (χ0) is 16.3. The molecular formula is C18H25N3O2. The minimum atomic E-state index is -0.0683. The van der Waals surface area contributed by atoms with Crippen molar-refractivity contribution in [2.45, 2.75) is 32.6 Å². The van der Waals surface area contributed by atoms with Gasteiger partial charge in [-0.25, -0.2) is 0 Å². The van der Waals surface area contributed by atoms with Crippen molar-refractivity contribution >= 4 is 17.5 Å². The Morgan fingerprint density at radius 3 is 2.57 bits per heavy atom. The van der Waals surface area contributed by atoms with E-state index in [-0.39, 0.29) is 17.7 Å². The monoisotopic (exact) mass is 315 g/mol. The van der Waals surface area contributed by atoms with Crippen molar-refractivity contribution in [3.05, 3.63) is 29.8 Å². The summed E-state index contributed by atoms with van der Waals surface area (Å²) in [5.74, 6) is 0.384. The van der Waals surface area contributed by atoms with E-state index in [4.69, 9.17) is 0 Å². The van der Waals surface area contributed by atoms with Crippen LogP contribution in [0.4, 0.5) is 5.69 Å². The fourth-order valence-corrected chi connectivity index (χ4v) is 3.61. The van der Waals surface area contributed by atoms with E-state index in [9.17, 15) is 9.59 Å². The maximum Gasteiger partial charge on any atom is 0.223 e. The number of hydrogen-bond donors (Lipinski definition) is 3. The lowest BCUT2D eigenvalue weighted by Gasteiger charge is -2.23. The third-order valence-electron chi connectivity index (χ3n) is 5.09. The van der Waals surface area contributed by atoms with Crippen molar-refractivity contribution in [3.8, 4) is 0 Å². The quantitative estimate of drug-likeness (QED) is 0.774. The highest BCUT2D eigenvalue weighted by Crippen LogP contribution is 2.58. The molecule has 3 N–H and O–H groups in total. The minimum absolute atomic E-state index is 0.0683. The van der Waals surface area contributed by atoms with Crippen molar-refractivity contribution in [2.75, 3.05) is 25.0 Å². The van der Waals surface area contributed by atoms with E-state index < -0.39 is 0 Å². The molecule has 0 aromatic heterocycles. The number of carbonyl (C=O) groups is 2. The molecule has 23 heavy (non-hydrogen) atoms. The Morgan fingerprint density at radius 1 is 1.22 bits per heavy atom. The molecule has 1 aromatic carbocycles. The molecular weight excluding hydrogens is 290 g/mol. The highest BCUT2D eigenvalue weighted by atomic mass is 16.2. The first kappa shape index (κ1) is 16.0. The predicted molar refractivity (Wildman–Crippen MR) is 90.1 cm³/mol. The van der Waals surface area contributed by atoms with E-state index in [1.807, 2.05) is 24.3 Å². The summed E-state index contributed by atoms with van der Waals surface area (Å²) in [6.45, 7) is 4.26. The Balaban J connectivity index is 1.41. The first-order chi connectivity index (χ1) is 11.1. The average Bonchev–Trinajstić information content (AvgIpc) is 3.22. The summed E-state index contributed by atoms with van der Waals surface area (Å²) in [6.07, 6.45) is 4.14. The molecule has 1 saturated heterocycles. The highest BCUT2D eigenvalue weighted by molar-refractivity contribution is 5.88. The van der Waals surface area contributed by atoms with Crippen LogP contribution in [-0.4, -0.2) is 31.4 Å². The smallest absolute Gasteiger partial charge is 0.223 e. The maximum atomic E-state index is 12.3. The van der Waals surface area contributed by atoms with Gasteiger partial charge in [-0.05, 0) is 61.9 Å². The van der Waals surface area contributed by atoms with Gasteiger partial charge in [-0.1, -0.05) is 12.1 Å². The number of carbonyl (C=O) groups excluding carboxylic acids is 2. The van der Waals surface area contributed by atoms with Crippen LogP contribution in [-0.2, 0) is 16.0 Å². The second kappa shape index (κ2) is 6.71. The van der Waals surface area contributed by atoms with Crippen LogP contribution in [0.1, 0.15) is 31.7 Å². The van der Waals surface area contributed by atoms with Gasteiger partial charge in [-0.15, -0.1) is 0 Å². The molecule has 1 aliphatic heterocycles. The summed E-state index contributed by atoms with van der Waals surface area (Å²) in [5.41, 5.74) is 2.26. The van der Waals surface area contributed by atoms with Crippen molar-refractivity contribution in [3.63, 3.8) is 0 Å². The summed E-state index contributed by atoms with van der Waals surface area (Å²) < 4.78 is 0. The molecule has 2 fully saturated rings. The summed E-state index contributed by atoms with van der Waals surface area (Å²) in [6, 6.07) is 7.76. The molecule has 1 unspecified atom stereocenters. The van der Waals surface area contributed by atoms with Crippen molar-refractivity contribution in [1.29, 1.82) is 0 Å². The highest BCUT2D eigenvalue weighted by Gasteiger charge is 2.57. The van der Waals surface area contributed by atoms with Gasteiger partial charge in [0.05, 0.1) is 0 Å². The molecule has 1 saturated carbocycles. The van der Waals surface area contributed by atoms with Crippen LogP contribution in [0.2, 0.25) is 0 Å². The van der Waals surface area contributed by atoms with E-state index in [0.29, 0.717) is 12.0 Å². The van der Waals surface area contributed by atoms with Crippen LogP contribution >= 0.6 is 0 Å². The number of benzene rings is 1. The van der Waals surface area contributed by atoms with Crippen LogP contribution in [0.15, 0.2) is 24.3 Å². The van der Waals surface area contributed by atoms with Crippen molar-refractivity contribution in [1.82, 2.24) is 10.6 Å². The van der Waals surface area contributed by atoms with Crippen molar-refractivity contribution < 1.29 is 9.59 Å². The molecule has 2 aliphatic rings. The van der Waals surface area contributed by atoms with E-state index in [1.54, 1.807) is 0 Å². The third-order valence-corrected chi connectivity index (χ3v) is 5.09. The SMILES string of the molecule is CC(=O)Nc1ccc(CCNC(=O)C2CC23CCNCC3)cc1. The Hall–Kier alpha value is -1.88. The van der Waals surface area contributed by atoms with Gasteiger partial charge in [0, 0.05) is 25.1 Å². The van der Waals surface area contributed by atoms with Gasteiger partial charge in [0.25, 0.3) is 0 Å². The first-order valence-electron chi connectivity index (χ1n) is 8.44. The molecule has 5 heteroatoms. The zero-order valence-electron chi connectivity index (χ0n) is 13.7. The zero-order valence-corrected chi connectivity index (χ0v) is 13.7. The molecule has 1 aliphatic carbocycles. The fourth-order valence-electron chi connectivity index (χ4n) is 3.61. The van der Waals surface area contributed by atoms with Crippen LogP contribution in [0.3, 0.4) is 0 Å². The number of anilines is 1. The Morgan fingerprint density at radius 2 is 1.91 bits per heavy atom. The number of amides is 2. The number of hydrogen-bond acceptors (Lipinski definition) is 3. The van der Waals surface area contributed by atoms with E-state index in [2.05, 4.69) is 16.0 Å². The van der Waals surface area contributed by atoms with E-state index >= 15 is 0 Å². The lowest BCUT2D eigenvalue weighted by molar-refractivity contribution is -0.123. The molecule has 1 aromatic rings. The summed E-state index contributed by atoms with van der Waals surface area (Å²) in [5, 5.41) is 9.19. The summed E-state index contributed by atoms with van der Waals surface area (Å²) >= 11 is 0. The number of rotatable bonds is 5. The number of piperidine rings is 1. The van der Waals surface area contributed by atoms with E-state index in [0.717, 1.165) is 50.0 Å². The van der Waals surface area contributed by atoms with Gasteiger partial charge in [0.2, 0.25) is 11.8 Å². The molecule has 1 spiro atoms. The van der Waals surface area contributed by atoms with Crippen LogP contribution < -0.4 is 16.0 Å². The third kappa shape index (κ3) is 3.91. The Labute approximate surface area is 137 Å². The van der Waals surface area contributed by atoms with Crippen LogP contribution in [0.25, 0.3) is 0 Å². The van der Waals surface area contributed by atoms with Crippen molar-refractivity contribution in [2.24, 2.45) is 11.3 Å². The lowest BCUT2D eigenvalue weighted by Crippen LogP contribution is -2.34. The molecule has 3 rings (SSSR count). The van der Waals surface area contributed by atoms with E-state index in [1.165, 1.54) is 6.92 Å². The molecule has 1 atom stereocenters. The van der Waals surface area contributed by atoms with Gasteiger partial charge in [-0.3, -0.25) is 9.59 Å². The van der Waals surface area contributed by atoms with Gasteiger partial charge in [0.1, 0.15) is 0 Å². The molecule has 5 nitrogen and oxygen atoms in total. The molecule has 2 amide bonds. The molecule has 1 heterocycles. The maximum absolute atomic E-state index is 12.3.